The van der Waals surface area contributed by atoms with Gasteiger partial charge in [-0.2, -0.15) is 0 Å². The molecular weight excluding hydrogens is 252 g/mol. The maximum absolute atomic E-state index is 5.14. The van der Waals surface area contributed by atoms with E-state index in [-0.39, 0.29) is 12.2 Å². The molecule has 0 spiro atoms. The zero-order valence-electron chi connectivity index (χ0n) is 9.09. The van der Waals surface area contributed by atoms with Gasteiger partial charge in [-0.15, -0.1) is 0 Å². The Bertz CT molecular complexity index is 366. The minimum Gasteiger partial charge on any atom is -0.391 e. The Hall–Kier alpha value is -0.400. The zero-order valence-corrected chi connectivity index (χ0v) is 11.5. The summed E-state index contributed by atoms with van der Waals surface area (Å²) in [5.41, 5.74) is 0. The van der Waals surface area contributed by atoms with Crippen LogP contribution in [0.1, 0.15) is 27.7 Å². The summed E-state index contributed by atoms with van der Waals surface area (Å²) in [6.45, 7) is 7.77. The van der Waals surface area contributed by atoms with Crippen LogP contribution in [0.4, 0.5) is 0 Å². The van der Waals surface area contributed by atoms with Crippen molar-refractivity contribution < 1.29 is 9.68 Å². The summed E-state index contributed by atoms with van der Waals surface area (Å²) in [6, 6.07) is 0. The molecule has 0 saturated heterocycles. The van der Waals surface area contributed by atoms with Crippen molar-refractivity contribution in [3.63, 3.8) is 0 Å². The second-order valence-electron chi connectivity index (χ2n) is 3.29. The van der Waals surface area contributed by atoms with Gasteiger partial charge in [0.05, 0.1) is 0 Å². The predicted molar refractivity (Wildman–Crippen MR) is 63.6 cm³/mol. The first-order chi connectivity index (χ1) is 7.08. The number of hydrogen-bond acceptors (Lipinski definition) is 7. The molecule has 1 aromatic heterocycles. The van der Waals surface area contributed by atoms with Crippen LogP contribution < -0.4 is 7.97 Å². The van der Waals surface area contributed by atoms with E-state index in [1.54, 1.807) is 0 Å². The second-order valence-corrected chi connectivity index (χ2v) is 6.89. The minimum absolute atomic E-state index is 0.108. The van der Waals surface area contributed by atoms with Crippen LogP contribution >= 0.6 is 32.0 Å². The van der Waals surface area contributed by atoms with Crippen LogP contribution in [0.5, 0.6) is 0 Å². The second kappa shape index (κ2) is 6.24. The third-order valence-corrected chi connectivity index (χ3v) is 4.88. The molecule has 0 atom stereocenters. The molecule has 15 heavy (non-hydrogen) atoms. The van der Waals surface area contributed by atoms with Crippen LogP contribution in [0.25, 0.3) is 0 Å². The maximum Gasteiger partial charge on any atom is 0.222 e. The molecule has 0 aromatic carbocycles. The van der Waals surface area contributed by atoms with E-state index in [4.69, 9.17) is 9.68 Å². The fourth-order valence-electron chi connectivity index (χ4n) is 0.545. The van der Waals surface area contributed by atoms with Crippen molar-refractivity contribution >= 4 is 32.0 Å². The van der Waals surface area contributed by atoms with Crippen LogP contribution in [0.2, 0.25) is 0 Å². The standard InChI is InChI=1S/C8H14N2O2S3/c1-5(2)11-9-7-13-8(15-14-7)10-12-6(3)4/h5-6H,1-4H3/b9-7-,10-8+. The summed E-state index contributed by atoms with van der Waals surface area (Å²) < 4.78 is 1.72. The number of hydrogen-bond donors (Lipinski definition) is 0. The highest BCUT2D eigenvalue weighted by molar-refractivity contribution is 7.72. The van der Waals surface area contributed by atoms with Gasteiger partial charge in [0.1, 0.15) is 12.2 Å². The third kappa shape index (κ3) is 5.29. The van der Waals surface area contributed by atoms with Crippen molar-refractivity contribution in [2.75, 3.05) is 0 Å². The van der Waals surface area contributed by atoms with Gasteiger partial charge in [-0.05, 0) is 48.4 Å². The first kappa shape index (κ1) is 12.7. The molecule has 0 aliphatic heterocycles. The van der Waals surface area contributed by atoms with Crippen molar-refractivity contribution in [2.24, 2.45) is 10.3 Å². The summed E-state index contributed by atoms with van der Waals surface area (Å²) in [7, 11) is 3.08. The van der Waals surface area contributed by atoms with Crippen LogP contribution in [-0.4, -0.2) is 12.2 Å². The molecule has 0 aliphatic carbocycles. The maximum atomic E-state index is 5.14. The molecule has 0 unspecified atom stereocenters. The highest BCUT2D eigenvalue weighted by Gasteiger charge is 1.95. The Kier molecular flexibility index (Phi) is 5.27. The minimum atomic E-state index is 0.108. The molecule has 0 amide bonds. The third-order valence-electron chi connectivity index (χ3n) is 1.03. The quantitative estimate of drug-likeness (QED) is 0.620. The van der Waals surface area contributed by atoms with Crippen molar-refractivity contribution in [1.29, 1.82) is 0 Å². The summed E-state index contributed by atoms with van der Waals surface area (Å²) in [5.74, 6) is 0. The van der Waals surface area contributed by atoms with Gasteiger partial charge in [0.25, 0.3) is 0 Å². The van der Waals surface area contributed by atoms with E-state index in [2.05, 4.69) is 10.3 Å². The predicted octanol–water partition coefficient (Wildman–Crippen LogP) is 2.35. The molecule has 0 bridgehead atoms. The van der Waals surface area contributed by atoms with Gasteiger partial charge in [0.2, 0.25) is 7.97 Å². The summed E-state index contributed by atoms with van der Waals surface area (Å²) in [6.07, 6.45) is 0.216. The molecule has 0 aliphatic rings. The Morgan fingerprint density at radius 3 is 1.60 bits per heavy atom. The van der Waals surface area contributed by atoms with E-state index >= 15 is 0 Å². The van der Waals surface area contributed by atoms with Crippen LogP contribution in [0.3, 0.4) is 0 Å². The fourth-order valence-corrected chi connectivity index (χ4v) is 3.88. The van der Waals surface area contributed by atoms with E-state index in [1.807, 2.05) is 27.7 Å². The largest absolute Gasteiger partial charge is 0.391 e. The van der Waals surface area contributed by atoms with Crippen LogP contribution in [-0.2, 0) is 9.68 Å². The average molecular weight is 266 g/mol. The first-order valence-corrected chi connectivity index (χ1v) is 7.54. The van der Waals surface area contributed by atoms with Gasteiger partial charge in [-0.1, -0.05) is 21.6 Å². The van der Waals surface area contributed by atoms with Gasteiger partial charge in [-0.3, -0.25) is 0 Å². The Morgan fingerprint density at radius 1 is 0.867 bits per heavy atom. The average Bonchev–Trinajstić information content (AvgIpc) is 2.59. The Morgan fingerprint density at radius 2 is 1.27 bits per heavy atom. The topological polar surface area (TPSA) is 43.2 Å². The van der Waals surface area contributed by atoms with Crippen molar-refractivity contribution in [2.45, 2.75) is 39.9 Å². The monoisotopic (exact) mass is 266 g/mol. The smallest absolute Gasteiger partial charge is 0.222 e. The lowest BCUT2D eigenvalue weighted by Crippen LogP contribution is -2.02. The Balaban J connectivity index is 2.71. The van der Waals surface area contributed by atoms with E-state index in [9.17, 15) is 0 Å². The molecule has 1 heterocycles. The zero-order chi connectivity index (χ0) is 11.3. The molecule has 0 saturated carbocycles. The van der Waals surface area contributed by atoms with Gasteiger partial charge in [0.15, 0.2) is 0 Å². The molecule has 7 heteroatoms. The fraction of sp³-hybridized carbons (Fsp3) is 0.750. The lowest BCUT2D eigenvalue weighted by atomic mass is 10.5. The van der Waals surface area contributed by atoms with Gasteiger partial charge < -0.3 is 9.68 Å². The molecule has 0 fully saturated rings. The summed E-state index contributed by atoms with van der Waals surface area (Å²) in [5, 5.41) is 7.97. The first-order valence-electron chi connectivity index (χ1n) is 4.58. The van der Waals surface area contributed by atoms with Crippen molar-refractivity contribution in [1.82, 2.24) is 0 Å². The molecule has 86 valence electrons. The SMILES string of the molecule is CC(C)O/N=c1\ss/c(=N/OC(C)C)s1. The highest BCUT2D eigenvalue weighted by Crippen LogP contribution is 1.98. The van der Waals surface area contributed by atoms with E-state index in [0.29, 0.717) is 0 Å². The van der Waals surface area contributed by atoms with E-state index in [0.717, 1.165) is 7.97 Å². The van der Waals surface area contributed by atoms with Gasteiger partial charge in [0, 0.05) is 0 Å². The van der Waals surface area contributed by atoms with E-state index in [1.165, 1.54) is 32.0 Å². The number of nitrogens with zero attached hydrogens (tertiary/aromatic N) is 2. The molecule has 0 N–H and O–H groups in total. The molecule has 1 aromatic rings. The normalized spacial score (nSPS) is 14.0. The highest BCUT2D eigenvalue weighted by atomic mass is 32.9. The molecule has 0 radical (unpaired) electrons. The lowest BCUT2D eigenvalue weighted by Gasteiger charge is -1.98. The number of rotatable bonds is 4. The summed E-state index contributed by atoms with van der Waals surface area (Å²) >= 11 is 1.47. The molecule has 1 rings (SSSR count). The van der Waals surface area contributed by atoms with Crippen LogP contribution in [0, 0.1) is 0 Å². The molecular formula is C8H14N2O2S3. The summed E-state index contributed by atoms with van der Waals surface area (Å²) in [4.78, 5) is 10.3. The molecule has 4 nitrogen and oxygen atoms in total. The van der Waals surface area contributed by atoms with Crippen molar-refractivity contribution in [3.05, 3.63) is 7.97 Å². The van der Waals surface area contributed by atoms with Gasteiger partial charge in [-0.25, -0.2) is 0 Å². The van der Waals surface area contributed by atoms with Crippen LogP contribution in [0.15, 0.2) is 10.3 Å². The van der Waals surface area contributed by atoms with Gasteiger partial charge >= 0.3 is 0 Å². The lowest BCUT2D eigenvalue weighted by molar-refractivity contribution is 0.0784. The van der Waals surface area contributed by atoms with E-state index < -0.39 is 0 Å². The Labute approximate surface area is 99.9 Å². The van der Waals surface area contributed by atoms with Crippen molar-refractivity contribution in [3.8, 4) is 0 Å².